The first kappa shape index (κ1) is 21.1. The number of aliphatic hydroxyl groups is 1. The van der Waals surface area contributed by atoms with Crippen molar-refractivity contribution in [1.82, 2.24) is 0 Å². The molecule has 1 aromatic rings. The minimum atomic E-state index is -1.10. The van der Waals surface area contributed by atoms with Gasteiger partial charge in [-0.05, 0) is 45.6 Å². The van der Waals surface area contributed by atoms with Crippen molar-refractivity contribution in [3.63, 3.8) is 0 Å². The fourth-order valence-corrected chi connectivity index (χ4v) is 2.36. The summed E-state index contributed by atoms with van der Waals surface area (Å²) < 4.78 is 10.5. The molecule has 6 nitrogen and oxygen atoms in total. The summed E-state index contributed by atoms with van der Waals surface area (Å²) in [7, 11) is 0. The van der Waals surface area contributed by atoms with Crippen LogP contribution in [0.15, 0.2) is 30.3 Å². The molecule has 0 saturated carbocycles. The molecule has 1 rings (SSSR count). The lowest BCUT2D eigenvalue weighted by Crippen LogP contribution is -2.28. The van der Waals surface area contributed by atoms with Crippen LogP contribution >= 0.6 is 0 Å². The molecule has 140 valence electrons. The molecule has 0 heterocycles. The molecule has 0 aliphatic carbocycles. The maximum atomic E-state index is 12.3. The van der Waals surface area contributed by atoms with Crippen LogP contribution in [-0.2, 0) is 25.7 Å². The molecule has 6 heteroatoms. The van der Waals surface area contributed by atoms with Crippen molar-refractivity contribution in [2.45, 2.75) is 64.9 Å². The number of esters is 2. The Kier molecular flexibility index (Phi) is 8.58. The van der Waals surface area contributed by atoms with E-state index in [2.05, 4.69) is 0 Å². The average Bonchev–Trinajstić information content (AvgIpc) is 2.50. The van der Waals surface area contributed by atoms with Crippen molar-refractivity contribution in [1.29, 1.82) is 0 Å². The first-order chi connectivity index (χ1) is 11.7. The Hall–Kier alpha value is -1.92. The lowest BCUT2D eigenvalue weighted by atomic mass is 9.97. The molecule has 3 N–H and O–H groups in total. The van der Waals surface area contributed by atoms with Crippen LogP contribution in [-0.4, -0.2) is 28.9 Å². The summed E-state index contributed by atoms with van der Waals surface area (Å²) in [4.78, 5) is 24.0. The van der Waals surface area contributed by atoms with Crippen molar-refractivity contribution in [3.05, 3.63) is 35.9 Å². The third-order valence-corrected chi connectivity index (χ3v) is 3.44. The van der Waals surface area contributed by atoms with E-state index in [4.69, 9.17) is 15.2 Å². The lowest BCUT2D eigenvalue weighted by Gasteiger charge is -2.20. The Bertz CT molecular complexity index is 536. The van der Waals surface area contributed by atoms with E-state index in [9.17, 15) is 14.7 Å². The summed E-state index contributed by atoms with van der Waals surface area (Å²) in [6.07, 6.45) is 0.0757. The maximum Gasteiger partial charge on any atom is 0.309 e. The van der Waals surface area contributed by atoms with Gasteiger partial charge in [0.1, 0.15) is 18.4 Å². The fraction of sp³-hybridized carbons (Fsp3) is 0.579. The van der Waals surface area contributed by atoms with Gasteiger partial charge in [-0.15, -0.1) is 0 Å². The van der Waals surface area contributed by atoms with E-state index in [0.29, 0.717) is 12.8 Å². The van der Waals surface area contributed by atoms with Gasteiger partial charge in [0.05, 0.1) is 5.92 Å². The van der Waals surface area contributed by atoms with Crippen molar-refractivity contribution in [3.8, 4) is 0 Å². The van der Waals surface area contributed by atoms with Gasteiger partial charge in [-0.3, -0.25) is 9.59 Å². The molecular formula is C19H29NO5. The van der Waals surface area contributed by atoms with Crippen molar-refractivity contribution in [2.75, 3.05) is 0 Å². The highest BCUT2D eigenvalue weighted by molar-refractivity contribution is 5.73. The SMILES string of the molecule is CC(C)(C)OC(=O)CCCC(C[C@@H](N)O)C(=O)OCc1ccccc1. The predicted molar refractivity (Wildman–Crippen MR) is 94.2 cm³/mol. The van der Waals surface area contributed by atoms with Gasteiger partial charge in [0.25, 0.3) is 0 Å². The van der Waals surface area contributed by atoms with Crippen LogP contribution in [0.5, 0.6) is 0 Å². The highest BCUT2D eigenvalue weighted by atomic mass is 16.6. The van der Waals surface area contributed by atoms with Crippen LogP contribution in [0.4, 0.5) is 0 Å². The van der Waals surface area contributed by atoms with Crippen LogP contribution in [0.25, 0.3) is 0 Å². The second-order valence-corrected chi connectivity index (χ2v) is 7.07. The lowest BCUT2D eigenvalue weighted by molar-refractivity contribution is -0.156. The first-order valence-electron chi connectivity index (χ1n) is 8.53. The number of ether oxygens (including phenoxy) is 2. The molecule has 0 aliphatic heterocycles. The normalized spacial score (nSPS) is 13.8. The number of carbonyl (C=O) groups excluding carboxylic acids is 2. The number of hydrogen-bond donors (Lipinski definition) is 2. The summed E-state index contributed by atoms with van der Waals surface area (Å²) in [5.74, 6) is -1.28. The summed E-state index contributed by atoms with van der Waals surface area (Å²) in [6, 6.07) is 9.34. The number of nitrogens with two attached hydrogens (primary N) is 1. The largest absolute Gasteiger partial charge is 0.461 e. The zero-order chi connectivity index (χ0) is 18.9. The second kappa shape index (κ2) is 10.2. The highest BCUT2D eigenvalue weighted by Crippen LogP contribution is 2.18. The van der Waals surface area contributed by atoms with E-state index >= 15 is 0 Å². The van der Waals surface area contributed by atoms with Gasteiger partial charge in [-0.25, -0.2) is 0 Å². The van der Waals surface area contributed by atoms with Gasteiger partial charge < -0.3 is 20.3 Å². The Morgan fingerprint density at radius 1 is 1.20 bits per heavy atom. The second-order valence-electron chi connectivity index (χ2n) is 7.07. The first-order valence-corrected chi connectivity index (χ1v) is 8.53. The number of carbonyl (C=O) groups is 2. The molecule has 25 heavy (non-hydrogen) atoms. The summed E-state index contributed by atoms with van der Waals surface area (Å²) in [5.41, 5.74) is 5.77. The fourth-order valence-electron chi connectivity index (χ4n) is 2.36. The van der Waals surface area contributed by atoms with Gasteiger partial charge in [-0.1, -0.05) is 30.3 Å². The zero-order valence-corrected chi connectivity index (χ0v) is 15.2. The Balaban J connectivity index is 2.47. The molecule has 0 aromatic heterocycles. The van der Waals surface area contributed by atoms with Crippen LogP contribution < -0.4 is 5.73 Å². The van der Waals surface area contributed by atoms with Crippen LogP contribution in [0.1, 0.15) is 52.0 Å². The van der Waals surface area contributed by atoms with Crippen LogP contribution in [0.3, 0.4) is 0 Å². The molecule has 0 saturated heterocycles. The van der Waals surface area contributed by atoms with Gasteiger partial charge in [-0.2, -0.15) is 0 Å². The molecule has 0 radical (unpaired) electrons. The van der Waals surface area contributed by atoms with Gasteiger partial charge in [0, 0.05) is 6.42 Å². The average molecular weight is 351 g/mol. The monoisotopic (exact) mass is 351 g/mol. The van der Waals surface area contributed by atoms with Crippen LogP contribution in [0.2, 0.25) is 0 Å². The van der Waals surface area contributed by atoms with Crippen LogP contribution in [0, 0.1) is 5.92 Å². The quantitative estimate of drug-likeness (QED) is 0.524. The molecule has 1 unspecified atom stereocenters. The topological polar surface area (TPSA) is 98.9 Å². The van der Waals surface area contributed by atoms with E-state index < -0.39 is 23.7 Å². The zero-order valence-electron chi connectivity index (χ0n) is 15.2. The molecule has 1 aromatic carbocycles. The Labute approximate surface area is 149 Å². The van der Waals surface area contributed by atoms with Crippen molar-refractivity contribution in [2.24, 2.45) is 11.7 Å². The Morgan fingerprint density at radius 3 is 2.40 bits per heavy atom. The van der Waals surface area contributed by atoms with E-state index in [1.807, 2.05) is 30.3 Å². The minimum Gasteiger partial charge on any atom is -0.461 e. The number of benzene rings is 1. The van der Waals surface area contributed by atoms with Gasteiger partial charge >= 0.3 is 11.9 Å². The number of hydrogen-bond acceptors (Lipinski definition) is 6. The molecule has 0 fully saturated rings. The number of rotatable bonds is 9. The molecule has 0 aliphatic rings. The van der Waals surface area contributed by atoms with E-state index in [0.717, 1.165) is 5.56 Å². The maximum absolute atomic E-state index is 12.3. The van der Waals surface area contributed by atoms with E-state index in [1.165, 1.54) is 0 Å². The molecule has 0 bridgehead atoms. The molecule has 0 spiro atoms. The van der Waals surface area contributed by atoms with E-state index in [1.54, 1.807) is 20.8 Å². The third-order valence-electron chi connectivity index (χ3n) is 3.44. The van der Waals surface area contributed by atoms with Crippen molar-refractivity contribution >= 4 is 11.9 Å². The summed E-state index contributed by atoms with van der Waals surface area (Å²) in [5, 5.41) is 9.40. The molecular weight excluding hydrogens is 322 g/mol. The molecule has 0 amide bonds. The Morgan fingerprint density at radius 2 is 1.84 bits per heavy atom. The van der Waals surface area contributed by atoms with Crippen molar-refractivity contribution < 1.29 is 24.2 Å². The molecule has 2 atom stereocenters. The van der Waals surface area contributed by atoms with E-state index in [-0.39, 0.29) is 25.4 Å². The summed E-state index contributed by atoms with van der Waals surface area (Å²) in [6.45, 7) is 5.58. The summed E-state index contributed by atoms with van der Waals surface area (Å²) >= 11 is 0. The van der Waals surface area contributed by atoms with Gasteiger partial charge in [0.2, 0.25) is 0 Å². The minimum absolute atomic E-state index is 0.0991. The van der Waals surface area contributed by atoms with Gasteiger partial charge in [0.15, 0.2) is 0 Å². The highest BCUT2D eigenvalue weighted by Gasteiger charge is 2.23. The predicted octanol–water partition coefficient (Wildman–Crippen LogP) is 2.53. The third kappa shape index (κ3) is 9.84. The number of aliphatic hydroxyl groups excluding tert-OH is 1. The standard InChI is InChI=1S/C19H29NO5/c1-19(2,3)25-17(22)11-7-10-15(12-16(20)21)18(23)24-13-14-8-5-4-6-9-14/h4-6,8-9,15-16,21H,7,10-13,20H2,1-3H3/t15?,16-/m0/s1. The smallest absolute Gasteiger partial charge is 0.309 e.